The summed E-state index contributed by atoms with van der Waals surface area (Å²) in [6.45, 7) is 5.01. The lowest BCUT2D eigenvalue weighted by atomic mass is 9.96. The predicted octanol–water partition coefficient (Wildman–Crippen LogP) is 3.91. The molecule has 0 spiro atoms. The van der Waals surface area contributed by atoms with Crippen LogP contribution in [0.1, 0.15) is 16.7 Å². The fourth-order valence-corrected chi connectivity index (χ4v) is 2.43. The highest BCUT2D eigenvalue weighted by Gasteiger charge is 2.15. The Morgan fingerprint density at radius 1 is 0.882 bits per heavy atom. The van der Waals surface area contributed by atoms with Gasteiger partial charge in [0.1, 0.15) is 5.75 Å². The van der Waals surface area contributed by atoms with Crippen molar-refractivity contribution in [2.75, 3.05) is 6.61 Å². The van der Waals surface area contributed by atoms with Crippen LogP contribution in [-0.4, -0.2) is 6.61 Å². The molecule has 0 unspecified atom stereocenters. The second-order valence-electron chi connectivity index (χ2n) is 4.76. The van der Waals surface area contributed by atoms with Gasteiger partial charge in [0.25, 0.3) is 0 Å². The van der Waals surface area contributed by atoms with Gasteiger partial charge in [0.2, 0.25) is 0 Å². The highest BCUT2D eigenvalue weighted by molar-refractivity contribution is 5.74. The summed E-state index contributed by atoms with van der Waals surface area (Å²) >= 11 is 0. The molecule has 0 aliphatic carbocycles. The fraction of sp³-hybridized carbons (Fsp3) is 0.250. The van der Waals surface area contributed by atoms with Gasteiger partial charge in [-0.2, -0.15) is 0 Å². The Morgan fingerprint density at radius 3 is 2.41 bits per heavy atom. The smallest absolute Gasteiger partial charge is 0.127 e. The van der Waals surface area contributed by atoms with Gasteiger partial charge in [-0.3, -0.25) is 0 Å². The average molecular weight is 224 g/mol. The zero-order valence-electron chi connectivity index (χ0n) is 10.3. The quantitative estimate of drug-likeness (QED) is 0.659. The van der Waals surface area contributed by atoms with Crippen molar-refractivity contribution in [2.24, 2.45) is 0 Å². The Morgan fingerprint density at radius 2 is 1.59 bits per heavy atom. The van der Waals surface area contributed by atoms with Crippen molar-refractivity contribution in [1.82, 2.24) is 0 Å². The Hall–Kier alpha value is -1.76. The van der Waals surface area contributed by atoms with Gasteiger partial charge in [0, 0.05) is 12.0 Å². The Labute approximate surface area is 102 Å². The zero-order chi connectivity index (χ0) is 11.8. The van der Waals surface area contributed by atoms with Crippen LogP contribution in [0.4, 0.5) is 0 Å². The molecule has 0 bridgehead atoms. The molecule has 2 aromatic rings. The van der Waals surface area contributed by atoms with Gasteiger partial charge in [0.05, 0.1) is 6.61 Å². The number of hydrogen-bond donors (Lipinski definition) is 0. The summed E-state index contributed by atoms with van der Waals surface area (Å²) < 4.78 is 5.85. The molecule has 1 heteroatoms. The predicted molar refractivity (Wildman–Crippen MR) is 70.6 cm³/mol. The zero-order valence-corrected chi connectivity index (χ0v) is 10.3. The minimum atomic E-state index is 0.771. The second-order valence-corrected chi connectivity index (χ2v) is 4.76. The van der Waals surface area contributed by atoms with E-state index in [9.17, 15) is 0 Å². The largest absolute Gasteiger partial charge is 0.493 e. The molecule has 1 aliphatic heterocycles. The van der Waals surface area contributed by atoms with Crippen molar-refractivity contribution in [2.45, 2.75) is 20.3 Å². The third kappa shape index (κ3) is 1.82. The SMILES string of the molecule is Cc1ccc2c(c1)CCOc1cc(C)ccc1-2. The lowest BCUT2D eigenvalue weighted by molar-refractivity contribution is 0.326. The third-order valence-electron chi connectivity index (χ3n) is 3.32. The molecule has 3 rings (SSSR count). The topological polar surface area (TPSA) is 9.23 Å². The fourth-order valence-electron chi connectivity index (χ4n) is 2.43. The summed E-state index contributed by atoms with van der Waals surface area (Å²) in [7, 11) is 0. The van der Waals surface area contributed by atoms with E-state index in [0.29, 0.717) is 0 Å². The molecule has 1 aliphatic rings. The summed E-state index contributed by atoms with van der Waals surface area (Å²) in [4.78, 5) is 0. The van der Waals surface area contributed by atoms with Crippen LogP contribution >= 0.6 is 0 Å². The van der Waals surface area contributed by atoms with Crippen molar-refractivity contribution in [1.29, 1.82) is 0 Å². The Kier molecular flexibility index (Phi) is 2.40. The van der Waals surface area contributed by atoms with Gasteiger partial charge in [0.15, 0.2) is 0 Å². The molecule has 0 atom stereocenters. The standard InChI is InChI=1S/C16H16O/c1-11-3-5-14-13(9-11)7-8-17-16-10-12(2)4-6-15(14)16/h3-6,9-10H,7-8H2,1-2H3. The first-order valence-corrected chi connectivity index (χ1v) is 6.07. The van der Waals surface area contributed by atoms with E-state index in [1.54, 1.807) is 0 Å². The normalized spacial score (nSPS) is 13.3. The summed E-state index contributed by atoms with van der Waals surface area (Å²) in [6, 6.07) is 13.1. The van der Waals surface area contributed by atoms with Crippen molar-refractivity contribution < 1.29 is 4.74 Å². The van der Waals surface area contributed by atoms with E-state index >= 15 is 0 Å². The monoisotopic (exact) mass is 224 g/mol. The molecule has 0 N–H and O–H groups in total. The molecule has 0 saturated carbocycles. The van der Waals surface area contributed by atoms with Gasteiger partial charge in [-0.15, -0.1) is 0 Å². The lowest BCUT2D eigenvalue weighted by Crippen LogP contribution is -1.98. The first kappa shape index (κ1) is 10.4. The summed E-state index contributed by atoms with van der Waals surface area (Å²) in [5, 5.41) is 0. The van der Waals surface area contributed by atoms with Crippen molar-refractivity contribution in [3.63, 3.8) is 0 Å². The molecule has 86 valence electrons. The first-order chi connectivity index (χ1) is 8.24. The number of rotatable bonds is 0. The molecule has 0 radical (unpaired) electrons. The van der Waals surface area contributed by atoms with Crippen LogP contribution in [0.25, 0.3) is 11.1 Å². The average Bonchev–Trinajstić information content (AvgIpc) is 2.47. The number of hydrogen-bond acceptors (Lipinski definition) is 1. The molecule has 1 nitrogen and oxygen atoms in total. The molecule has 0 amide bonds. The van der Waals surface area contributed by atoms with E-state index < -0.39 is 0 Å². The van der Waals surface area contributed by atoms with Gasteiger partial charge in [-0.05, 0) is 36.6 Å². The molecule has 0 aromatic heterocycles. The minimum Gasteiger partial charge on any atom is -0.493 e. The van der Waals surface area contributed by atoms with E-state index in [-0.39, 0.29) is 0 Å². The first-order valence-electron chi connectivity index (χ1n) is 6.07. The van der Waals surface area contributed by atoms with E-state index in [2.05, 4.69) is 50.2 Å². The molecule has 2 aromatic carbocycles. The number of benzene rings is 2. The van der Waals surface area contributed by atoms with Crippen LogP contribution in [0, 0.1) is 13.8 Å². The maximum absolute atomic E-state index is 5.85. The maximum atomic E-state index is 5.85. The van der Waals surface area contributed by atoms with Gasteiger partial charge >= 0.3 is 0 Å². The van der Waals surface area contributed by atoms with Crippen LogP contribution in [0.5, 0.6) is 5.75 Å². The van der Waals surface area contributed by atoms with Crippen molar-refractivity contribution in [3.05, 3.63) is 53.1 Å². The van der Waals surface area contributed by atoms with Gasteiger partial charge < -0.3 is 4.74 Å². The van der Waals surface area contributed by atoms with Crippen LogP contribution < -0.4 is 4.74 Å². The van der Waals surface area contributed by atoms with Gasteiger partial charge in [-0.1, -0.05) is 35.9 Å². The van der Waals surface area contributed by atoms with E-state index in [1.165, 1.54) is 27.8 Å². The van der Waals surface area contributed by atoms with Crippen LogP contribution in [-0.2, 0) is 6.42 Å². The lowest BCUT2D eigenvalue weighted by Gasteiger charge is -2.09. The van der Waals surface area contributed by atoms with Crippen LogP contribution in [0.15, 0.2) is 36.4 Å². The summed E-state index contributed by atoms with van der Waals surface area (Å²) in [5.41, 5.74) is 6.51. The number of ether oxygens (including phenoxy) is 1. The number of aryl methyl sites for hydroxylation is 2. The van der Waals surface area contributed by atoms with Crippen LogP contribution in [0.3, 0.4) is 0 Å². The maximum Gasteiger partial charge on any atom is 0.127 e. The second kappa shape index (κ2) is 3.92. The number of fused-ring (bicyclic) bond motifs is 3. The Balaban J connectivity index is 2.24. The third-order valence-corrected chi connectivity index (χ3v) is 3.32. The van der Waals surface area contributed by atoms with Gasteiger partial charge in [-0.25, -0.2) is 0 Å². The summed E-state index contributed by atoms with van der Waals surface area (Å²) in [6.07, 6.45) is 0.991. The minimum absolute atomic E-state index is 0.771. The molecule has 0 saturated heterocycles. The molecular formula is C16H16O. The highest BCUT2D eigenvalue weighted by atomic mass is 16.5. The summed E-state index contributed by atoms with van der Waals surface area (Å²) in [5.74, 6) is 1.02. The highest BCUT2D eigenvalue weighted by Crippen LogP contribution is 2.36. The molecule has 17 heavy (non-hydrogen) atoms. The molecular weight excluding hydrogens is 208 g/mol. The molecule has 0 fully saturated rings. The Bertz CT molecular complexity index is 518. The van der Waals surface area contributed by atoms with Crippen LogP contribution in [0.2, 0.25) is 0 Å². The van der Waals surface area contributed by atoms with Crippen molar-refractivity contribution >= 4 is 0 Å². The van der Waals surface area contributed by atoms with Crippen molar-refractivity contribution in [3.8, 4) is 16.9 Å². The van der Waals surface area contributed by atoms with E-state index in [1.807, 2.05) is 0 Å². The van der Waals surface area contributed by atoms with E-state index in [4.69, 9.17) is 4.74 Å². The van der Waals surface area contributed by atoms with E-state index in [0.717, 1.165) is 18.8 Å². The molecule has 1 heterocycles.